The Hall–Kier alpha value is -0.990. The molecule has 1 N–H and O–H groups in total. The predicted octanol–water partition coefficient (Wildman–Crippen LogP) is 3.04. The Morgan fingerprint density at radius 3 is 2.53 bits per heavy atom. The summed E-state index contributed by atoms with van der Waals surface area (Å²) >= 11 is 4.40. The van der Waals surface area contributed by atoms with E-state index in [4.69, 9.17) is 0 Å². The average Bonchev–Trinajstić information content (AvgIpc) is 2.86. The Morgan fingerprint density at radius 2 is 2.00 bits per heavy atom. The fraction of sp³-hybridized carbons (Fsp3) is 0.455. The number of aromatic nitrogens is 3. The van der Waals surface area contributed by atoms with Crippen LogP contribution in [0.4, 0.5) is 5.13 Å². The van der Waals surface area contributed by atoms with Gasteiger partial charge in [0.1, 0.15) is 5.01 Å². The van der Waals surface area contributed by atoms with Crippen molar-refractivity contribution in [2.45, 2.75) is 37.3 Å². The molecule has 1 amide bonds. The van der Waals surface area contributed by atoms with Crippen molar-refractivity contribution in [1.29, 1.82) is 0 Å². The van der Waals surface area contributed by atoms with Crippen molar-refractivity contribution in [3.8, 4) is 0 Å². The molecule has 5 nitrogen and oxygen atoms in total. The van der Waals surface area contributed by atoms with Gasteiger partial charge in [-0.05, 0) is 27.7 Å². The molecule has 2 heterocycles. The average molecular weight is 314 g/mol. The smallest absolute Gasteiger partial charge is 0.239 e. The maximum atomic E-state index is 12.0. The highest BCUT2D eigenvalue weighted by molar-refractivity contribution is 8.02. The minimum Gasteiger partial charge on any atom is -0.301 e. The highest BCUT2D eigenvalue weighted by atomic mass is 32.2. The summed E-state index contributed by atoms with van der Waals surface area (Å²) in [5, 5.41) is 12.1. The minimum atomic E-state index is -0.225. The van der Waals surface area contributed by atoms with E-state index < -0.39 is 0 Å². The van der Waals surface area contributed by atoms with Crippen LogP contribution in [-0.4, -0.2) is 26.3 Å². The quantitative estimate of drug-likeness (QED) is 0.879. The zero-order valence-electron chi connectivity index (χ0n) is 11.1. The SMILES string of the molecule is Cc1nnc(SC(C)C(=O)Nc2nc(C)c(C)s2)s1. The Labute approximate surface area is 123 Å². The molecule has 2 rings (SSSR count). The van der Waals surface area contributed by atoms with Gasteiger partial charge in [0.2, 0.25) is 5.91 Å². The molecule has 2 aromatic rings. The summed E-state index contributed by atoms with van der Waals surface area (Å²) in [6.45, 7) is 7.67. The molecular formula is C11H14N4OS3. The molecule has 0 radical (unpaired) electrons. The van der Waals surface area contributed by atoms with Crippen molar-refractivity contribution in [3.05, 3.63) is 15.6 Å². The van der Waals surface area contributed by atoms with Crippen LogP contribution in [0.25, 0.3) is 0 Å². The summed E-state index contributed by atoms with van der Waals surface area (Å²) in [7, 11) is 0. The zero-order chi connectivity index (χ0) is 14.0. The molecule has 0 saturated heterocycles. The van der Waals surface area contributed by atoms with Crippen LogP contribution >= 0.6 is 34.4 Å². The molecular weight excluding hydrogens is 300 g/mol. The molecule has 0 aliphatic heterocycles. The highest BCUT2D eigenvalue weighted by Crippen LogP contribution is 2.27. The van der Waals surface area contributed by atoms with E-state index >= 15 is 0 Å². The van der Waals surface area contributed by atoms with E-state index in [0.29, 0.717) is 5.13 Å². The fourth-order valence-corrected chi connectivity index (χ4v) is 4.04. The first kappa shape index (κ1) is 14.4. The number of hydrogen-bond donors (Lipinski definition) is 1. The molecule has 0 saturated carbocycles. The molecule has 0 aliphatic rings. The number of aryl methyl sites for hydroxylation is 3. The molecule has 0 aromatic carbocycles. The molecule has 0 aliphatic carbocycles. The Bertz CT molecular complexity index is 573. The van der Waals surface area contributed by atoms with Crippen LogP contribution in [0, 0.1) is 20.8 Å². The van der Waals surface area contributed by atoms with Crippen LogP contribution in [0.1, 0.15) is 22.5 Å². The molecule has 2 aromatic heterocycles. The third kappa shape index (κ3) is 3.74. The summed E-state index contributed by atoms with van der Waals surface area (Å²) in [5.74, 6) is -0.0633. The summed E-state index contributed by atoms with van der Waals surface area (Å²) in [4.78, 5) is 17.5. The van der Waals surface area contributed by atoms with Gasteiger partial charge in [-0.15, -0.1) is 21.5 Å². The zero-order valence-corrected chi connectivity index (χ0v) is 13.5. The molecule has 19 heavy (non-hydrogen) atoms. The fourth-order valence-electron chi connectivity index (χ4n) is 1.26. The molecule has 0 bridgehead atoms. The van der Waals surface area contributed by atoms with Gasteiger partial charge in [0.25, 0.3) is 0 Å². The topological polar surface area (TPSA) is 67.8 Å². The van der Waals surface area contributed by atoms with Gasteiger partial charge in [-0.3, -0.25) is 4.79 Å². The molecule has 0 spiro atoms. The van der Waals surface area contributed by atoms with Crippen molar-refractivity contribution in [2.75, 3.05) is 5.32 Å². The van der Waals surface area contributed by atoms with Crippen LogP contribution in [0.2, 0.25) is 0 Å². The lowest BCUT2D eigenvalue weighted by atomic mass is 10.4. The van der Waals surface area contributed by atoms with Gasteiger partial charge in [0, 0.05) is 4.88 Å². The van der Waals surface area contributed by atoms with Gasteiger partial charge < -0.3 is 5.32 Å². The van der Waals surface area contributed by atoms with Gasteiger partial charge in [0.15, 0.2) is 9.47 Å². The van der Waals surface area contributed by atoms with Gasteiger partial charge in [0.05, 0.1) is 10.9 Å². The van der Waals surface area contributed by atoms with E-state index in [9.17, 15) is 4.79 Å². The van der Waals surface area contributed by atoms with Gasteiger partial charge >= 0.3 is 0 Å². The molecule has 1 atom stereocenters. The molecule has 0 fully saturated rings. The Morgan fingerprint density at radius 1 is 1.26 bits per heavy atom. The summed E-state index contributed by atoms with van der Waals surface area (Å²) in [6, 6.07) is 0. The Balaban J connectivity index is 1.95. The molecule has 102 valence electrons. The van der Waals surface area contributed by atoms with E-state index in [1.54, 1.807) is 0 Å². The first-order valence-corrected chi connectivity index (χ1v) is 8.18. The number of rotatable bonds is 4. The number of thioether (sulfide) groups is 1. The predicted molar refractivity (Wildman–Crippen MR) is 80.2 cm³/mol. The second-order valence-corrected chi connectivity index (χ2v) is 7.97. The van der Waals surface area contributed by atoms with Gasteiger partial charge in [-0.25, -0.2) is 4.98 Å². The van der Waals surface area contributed by atoms with Crippen LogP contribution in [-0.2, 0) is 4.79 Å². The lowest BCUT2D eigenvalue weighted by Gasteiger charge is -2.07. The summed E-state index contributed by atoms with van der Waals surface area (Å²) in [6.07, 6.45) is 0. The normalized spacial score (nSPS) is 12.4. The maximum Gasteiger partial charge on any atom is 0.239 e. The van der Waals surface area contributed by atoms with Crippen LogP contribution in [0.5, 0.6) is 0 Å². The molecule has 8 heteroatoms. The van der Waals surface area contributed by atoms with E-state index in [1.165, 1.54) is 34.4 Å². The van der Waals surface area contributed by atoms with E-state index in [0.717, 1.165) is 19.9 Å². The van der Waals surface area contributed by atoms with Crippen molar-refractivity contribution in [2.24, 2.45) is 0 Å². The number of carbonyl (C=O) groups is 1. The lowest BCUT2D eigenvalue weighted by molar-refractivity contribution is -0.115. The summed E-state index contributed by atoms with van der Waals surface area (Å²) in [5.41, 5.74) is 0.959. The van der Waals surface area contributed by atoms with Crippen molar-refractivity contribution >= 4 is 45.5 Å². The van der Waals surface area contributed by atoms with Gasteiger partial charge in [-0.1, -0.05) is 23.1 Å². The maximum absolute atomic E-state index is 12.0. The second-order valence-electron chi connectivity index (χ2n) is 4.00. The third-order valence-electron chi connectivity index (χ3n) is 2.41. The number of amides is 1. The standard InChI is InChI=1S/C11H14N4OS3/c1-5-6(2)17-10(12-5)13-9(16)7(3)18-11-15-14-8(4)19-11/h7H,1-4H3,(H,12,13,16). The van der Waals surface area contributed by atoms with Crippen LogP contribution in [0.15, 0.2) is 4.34 Å². The first-order valence-electron chi connectivity index (χ1n) is 5.67. The number of hydrogen-bond acceptors (Lipinski definition) is 7. The molecule has 1 unspecified atom stereocenters. The first-order chi connectivity index (χ1) is 8.95. The van der Waals surface area contributed by atoms with E-state index in [-0.39, 0.29) is 11.2 Å². The van der Waals surface area contributed by atoms with Crippen molar-refractivity contribution in [1.82, 2.24) is 15.2 Å². The van der Waals surface area contributed by atoms with E-state index in [2.05, 4.69) is 20.5 Å². The summed E-state index contributed by atoms with van der Waals surface area (Å²) < 4.78 is 0.812. The monoisotopic (exact) mass is 314 g/mol. The largest absolute Gasteiger partial charge is 0.301 e. The number of nitrogens with zero attached hydrogens (tertiary/aromatic N) is 3. The second kappa shape index (κ2) is 5.98. The number of thiazole rings is 1. The van der Waals surface area contributed by atoms with Crippen molar-refractivity contribution in [3.63, 3.8) is 0 Å². The van der Waals surface area contributed by atoms with Crippen LogP contribution in [0.3, 0.4) is 0 Å². The lowest BCUT2D eigenvalue weighted by Crippen LogP contribution is -2.22. The van der Waals surface area contributed by atoms with Crippen LogP contribution < -0.4 is 5.32 Å². The minimum absolute atomic E-state index is 0.0633. The van der Waals surface area contributed by atoms with Crippen molar-refractivity contribution < 1.29 is 4.79 Å². The Kier molecular flexibility index (Phi) is 4.54. The number of anilines is 1. The number of nitrogens with one attached hydrogen (secondary N) is 1. The number of carbonyl (C=O) groups excluding carboxylic acids is 1. The van der Waals surface area contributed by atoms with E-state index in [1.807, 2.05) is 27.7 Å². The van der Waals surface area contributed by atoms with Gasteiger partial charge in [-0.2, -0.15) is 0 Å². The third-order valence-corrected chi connectivity index (χ3v) is 5.42. The highest BCUT2D eigenvalue weighted by Gasteiger charge is 2.18.